The van der Waals surface area contributed by atoms with Crippen molar-refractivity contribution in [2.75, 3.05) is 13.1 Å². The van der Waals surface area contributed by atoms with E-state index in [1.807, 2.05) is 18.2 Å². The van der Waals surface area contributed by atoms with Crippen molar-refractivity contribution in [1.29, 1.82) is 0 Å². The third-order valence-corrected chi connectivity index (χ3v) is 3.68. The van der Waals surface area contributed by atoms with Gasteiger partial charge in [-0.05, 0) is 5.56 Å². The van der Waals surface area contributed by atoms with Crippen LogP contribution >= 0.6 is 11.8 Å². The normalized spacial score (nSPS) is 18.8. The molecule has 1 unspecified atom stereocenters. The number of carbonyl (C=O) groups excluding carboxylic acids is 1. The van der Waals surface area contributed by atoms with Crippen molar-refractivity contribution in [1.82, 2.24) is 5.32 Å². The summed E-state index contributed by atoms with van der Waals surface area (Å²) in [7, 11) is 0. The second-order valence-corrected chi connectivity index (χ2v) is 5.00. The number of hydrogen-bond donors (Lipinski definition) is 2. The first-order valence-electron chi connectivity index (χ1n) is 5.54. The Morgan fingerprint density at radius 3 is 2.94 bits per heavy atom. The molecule has 0 aliphatic carbocycles. The number of nitrogens with two attached hydrogens (primary N) is 1. The van der Waals surface area contributed by atoms with Crippen LogP contribution in [-0.4, -0.2) is 24.2 Å². The zero-order valence-electron chi connectivity index (χ0n) is 9.43. The summed E-state index contributed by atoms with van der Waals surface area (Å²) >= 11 is 1.70. The van der Waals surface area contributed by atoms with Crippen molar-refractivity contribution in [3.63, 3.8) is 0 Å². The van der Waals surface area contributed by atoms with Crippen molar-refractivity contribution >= 4 is 22.8 Å². The summed E-state index contributed by atoms with van der Waals surface area (Å²) in [4.78, 5) is 15.0. The number of primary amides is 1. The smallest absolute Gasteiger partial charge is 0.219 e. The molecule has 1 aromatic rings. The van der Waals surface area contributed by atoms with Crippen molar-refractivity contribution in [3.8, 4) is 0 Å². The summed E-state index contributed by atoms with van der Waals surface area (Å²) in [6.07, 6.45) is 0.343. The second kappa shape index (κ2) is 5.72. The molecule has 0 fully saturated rings. The monoisotopic (exact) mass is 249 g/mol. The van der Waals surface area contributed by atoms with Crippen LogP contribution in [0.3, 0.4) is 0 Å². The van der Waals surface area contributed by atoms with E-state index in [-0.39, 0.29) is 5.91 Å². The quantitative estimate of drug-likeness (QED) is 0.845. The molecule has 2 rings (SSSR count). The molecule has 0 saturated heterocycles. The molecule has 1 aliphatic heterocycles. The summed E-state index contributed by atoms with van der Waals surface area (Å²) < 4.78 is 0. The Balaban J connectivity index is 1.81. The van der Waals surface area contributed by atoms with E-state index in [1.54, 1.807) is 11.8 Å². The molecule has 0 spiro atoms. The fraction of sp³-hybridized carbons (Fsp3) is 0.333. The molecule has 3 N–H and O–H groups in total. The first-order valence-corrected chi connectivity index (χ1v) is 6.42. The number of hydrogen-bond acceptors (Lipinski definition) is 4. The van der Waals surface area contributed by atoms with E-state index >= 15 is 0 Å². The van der Waals surface area contributed by atoms with Gasteiger partial charge in [0.15, 0.2) is 5.17 Å². The van der Waals surface area contributed by atoms with Gasteiger partial charge in [0.05, 0.1) is 11.8 Å². The molecule has 0 saturated carbocycles. The number of benzene rings is 1. The van der Waals surface area contributed by atoms with Gasteiger partial charge in [-0.25, -0.2) is 0 Å². The standard InChI is InChI=1S/C12H15N3OS/c13-11(16)6-7-14-12-15-8-10(17-12)9-4-2-1-3-5-9/h1-5,10H,6-8H2,(H2,13,16)(H,14,15). The number of amidine groups is 1. The van der Waals surface area contributed by atoms with Crippen LogP contribution < -0.4 is 11.1 Å². The SMILES string of the molecule is NC(=O)CCNC1=NCC(c2ccccc2)S1. The summed E-state index contributed by atoms with van der Waals surface area (Å²) in [5, 5.41) is 4.41. The van der Waals surface area contributed by atoms with E-state index in [2.05, 4.69) is 22.4 Å². The van der Waals surface area contributed by atoms with E-state index in [0.717, 1.165) is 11.7 Å². The molecule has 5 heteroatoms. The Labute approximate surface area is 105 Å². The molecule has 1 atom stereocenters. The fourth-order valence-corrected chi connectivity index (χ4v) is 2.65. The van der Waals surface area contributed by atoms with E-state index in [1.165, 1.54) is 5.56 Å². The van der Waals surface area contributed by atoms with Gasteiger partial charge in [-0.3, -0.25) is 9.79 Å². The first kappa shape index (κ1) is 12.0. The predicted octanol–water partition coefficient (Wildman–Crippen LogP) is 1.30. The van der Waals surface area contributed by atoms with Crippen LogP contribution in [0.1, 0.15) is 17.2 Å². The Bertz CT molecular complexity index is 419. The van der Waals surface area contributed by atoms with Gasteiger partial charge in [-0.1, -0.05) is 42.1 Å². The van der Waals surface area contributed by atoms with Gasteiger partial charge in [0.1, 0.15) is 0 Å². The van der Waals surface area contributed by atoms with Crippen molar-refractivity contribution in [2.45, 2.75) is 11.7 Å². The van der Waals surface area contributed by atoms with Crippen LogP contribution in [0.5, 0.6) is 0 Å². The lowest BCUT2D eigenvalue weighted by Crippen LogP contribution is -2.25. The Kier molecular flexibility index (Phi) is 4.03. The van der Waals surface area contributed by atoms with Crippen molar-refractivity contribution in [3.05, 3.63) is 35.9 Å². The number of thioether (sulfide) groups is 1. The molecule has 90 valence electrons. The van der Waals surface area contributed by atoms with Crippen LogP contribution in [0, 0.1) is 0 Å². The van der Waals surface area contributed by atoms with Crippen LogP contribution in [0.2, 0.25) is 0 Å². The summed E-state index contributed by atoms with van der Waals surface area (Å²) in [6.45, 7) is 1.34. The molecule has 0 aromatic heterocycles. The number of rotatable bonds is 4. The van der Waals surface area contributed by atoms with Gasteiger partial charge in [0.2, 0.25) is 5.91 Å². The number of carbonyl (C=O) groups is 1. The summed E-state index contributed by atoms with van der Waals surface area (Å²) in [5.74, 6) is -0.291. The topological polar surface area (TPSA) is 67.5 Å². The maximum Gasteiger partial charge on any atom is 0.219 e. The highest BCUT2D eigenvalue weighted by Crippen LogP contribution is 2.33. The maximum absolute atomic E-state index is 10.6. The lowest BCUT2D eigenvalue weighted by Gasteiger charge is -2.08. The van der Waals surface area contributed by atoms with Crippen LogP contribution in [0.25, 0.3) is 0 Å². The summed E-state index contributed by atoms with van der Waals surface area (Å²) in [5.41, 5.74) is 6.36. The van der Waals surface area contributed by atoms with E-state index in [0.29, 0.717) is 18.2 Å². The zero-order chi connectivity index (χ0) is 12.1. The van der Waals surface area contributed by atoms with Crippen molar-refractivity contribution in [2.24, 2.45) is 10.7 Å². The highest BCUT2D eigenvalue weighted by molar-refractivity contribution is 8.14. The maximum atomic E-state index is 10.6. The number of nitrogens with one attached hydrogen (secondary N) is 1. The van der Waals surface area contributed by atoms with Crippen LogP contribution in [0.4, 0.5) is 0 Å². The molecule has 17 heavy (non-hydrogen) atoms. The van der Waals surface area contributed by atoms with Gasteiger partial charge in [-0.2, -0.15) is 0 Å². The molecule has 0 bridgehead atoms. The Morgan fingerprint density at radius 2 is 2.24 bits per heavy atom. The molecule has 0 radical (unpaired) electrons. The molecule has 1 heterocycles. The lowest BCUT2D eigenvalue weighted by molar-refractivity contribution is -0.117. The lowest BCUT2D eigenvalue weighted by atomic mass is 10.1. The minimum Gasteiger partial charge on any atom is -0.370 e. The van der Waals surface area contributed by atoms with E-state index < -0.39 is 0 Å². The number of aliphatic imine (C=N–C) groups is 1. The molecular weight excluding hydrogens is 234 g/mol. The van der Waals surface area contributed by atoms with Gasteiger partial charge >= 0.3 is 0 Å². The third kappa shape index (κ3) is 3.49. The average Bonchev–Trinajstić information content (AvgIpc) is 2.78. The average molecular weight is 249 g/mol. The summed E-state index contributed by atoms with van der Waals surface area (Å²) in [6, 6.07) is 10.3. The van der Waals surface area contributed by atoms with Crippen molar-refractivity contribution < 1.29 is 4.79 Å². The molecule has 1 aromatic carbocycles. The first-order chi connectivity index (χ1) is 8.25. The van der Waals surface area contributed by atoms with Gasteiger partial charge < -0.3 is 11.1 Å². The highest BCUT2D eigenvalue weighted by Gasteiger charge is 2.20. The zero-order valence-corrected chi connectivity index (χ0v) is 10.2. The van der Waals surface area contributed by atoms with Gasteiger partial charge in [0, 0.05) is 13.0 Å². The van der Waals surface area contributed by atoms with Gasteiger partial charge in [0.25, 0.3) is 0 Å². The minimum atomic E-state index is -0.291. The fourth-order valence-electron chi connectivity index (χ4n) is 1.61. The highest BCUT2D eigenvalue weighted by atomic mass is 32.2. The minimum absolute atomic E-state index is 0.291. The van der Waals surface area contributed by atoms with Gasteiger partial charge in [-0.15, -0.1) is 0 Å². The molecule has 1 aliphatic rings. The molecule has 1 amide bonds. The predicted molar refractivity (Wildman–Crippen MR) is 70.9 cm³/mol. The van der Waals surface area contributed by atoms with E-state index in [4.69, 9.17) is 5.73 Å². The number of nitrogens with zero attached hydrogens (tertiary/aromatic N) is 1. The molecular formula is C12H15N3OS. The van der Waals surface area contributed by atoms with Crippen LogP contribution in [0.15, 0.2) is 35.3 Å². The third-order valence-electron chi connectivity index (χ3n) is 2.47. The van der Waals surface area contributed by atoms with Crippen LogP contribution in [-0.2, 0) is 4.79 Å². The second-order valence-electron chi connectivity index (χ2n) is 3.81. The van der Waals surface area contributed by atoms with E-state index in [9.17, 15) is 4.79 Å². The molecule has 4 nitrogen and oxygen atoms in total. The largest absolute Gasteiger partial charge is 0.370 e. The number of amides is 1. The Morgan fingerprint density at radius 1 is 1.47 bits per heavy atom. The Hall–Kier alpha value is -1.49.